The maximum Gasteiger partial charge on any atom is 0.183 e. The largest absolute Gasteiger partial charge is 0.417 e. The second-order valence-electron chi connectivity index (χ2n) is 4.66. The van der Waals surface area contributed by atoms with E-state index in [2.05, 4.69) is 50.8 Å². The zero-order valence-electron chi connectivity index (χ0n) is 9.99. The third kappa shape index (κ3) is 6.02. The Balaban J connectivity index is 2.34. The normalized spacial score (nSPS) is 13.9. The fourth-order valence-corrected chi connectivity index (χ4v) is 2.92. The van der Waals surface area contributed by atoms with Gasteiger partial charge < -0.3 is 4.43 Å². The SMILES string of the molecule is CC(CO[Si](C)(C)C)Sc1ccccc1. The first-order valence-corrected chi connectivity index (χ1v) is 9.62. The van der Waals surface area contributed by atoms with Crippen LogP contribution < -0.4 is 0 Å². The van der Waals surface area contributed by atoms with Crippen molar-refractivity contribution in [2.24, 2.45) is 0 Å². The standard InChI is InChI=1S/C12H20OSSi/c1-11(10-13-15(2,3)4)14-12-8-6-5-7-9-12/h5-9,11H,10H2,1-4H3. The van der Waals surface area contributed by atoms with Crippen LogP contribution in [0.5, 0.6) is 0 Å². The molecule has 0 bridgehead atoms. The van der Waals surface area contributed by atoms with Crippen molar-refractivity contribution in [3.8, 4) is 0 Å². The zero-order chi connectivity index (χ0) is 11.3. The first-order chi connectivity index (χ1) is 6.97. The maximum atomic E-state index is 5.88. The third-order valence-corrected chi connectivity index (χ3v) is 3.95. The summed E-state index contributed by atoms with van der Waals surface area (Å²) in [7, 11) is -1.35. The lowest BCUT2D eigenvalue weighted by molar-refractivity contribution is 0.316. The van der Waals surface area contributed by atoms with E-state index in [0.717, 1.165) is 6.61 Å². The van der Waals surface area contributed by atoms with E-state index in [1.807, 2.05) is 17.8 Å². The second-order valence-corrected chi connectivity index (χ2v) is 10.7. The highest BCUT2D eigenvalue weighted by Gasteiger charge is 2.15. The molecule has 0 aliphatic carbocycles. The maximum absolute atomic E-state index is 5.88. The molecule has 0 heterocycles. The average molecular weight is 240 g/mol. The molecule has 0 amide bonds. The summed E-state index contributed by atoms with van der Waals surface area (Å²) in [6.45, 7) is 9.76. The Morgan fingerprint density at radius 1 is 1.20 bits per heavy atom. The van der Waals surface area contributed by atoms with Gasteiger partial charge in [0.25, 0.3) is 0 Å². The molecule has 1 atom stereocenters. The molecule has 1 rings (SSSR count). The van der Waals surface area contributed by atoms with Gasteiger partial charge in [0.1, 0.15) is 0 Å². The highest BCUT2D eigenvalue weighted by Crippen LogP contribution is 2.23. The van der Waals surface area contributed by atoms with Crippen LogP contribution in [0.2, 0.25) is 19.6 Å². The summed E-state index contributed by atoms with van der Waals surface area (Å²) in [5.41, 5.74) is 0. The minimum absolute atomic E-state index is 0.527. The van der Waals surface area contributed by atoms with Crippen molar-refractivity contribution in [3.63, 3.8) is 0 Å². The highest BCUT2D eigenvalue weighted by molar-refractivity contribution is 8.00. The van der Waals surface area contributed by atoms with Crippen LogP contribution in [0.25, 0.3) is 0 Å². The van der Waals surface area contributed by atoms with Crippen LogP contribution >= 0.6 is 11.8 Å². The molecule has 1 nitrogen and oxygen atoms in total. The van der Waals surface area contributed by atoms with E-state index in [9.17, 15) is 0 Å². The van der Waals surface area contributed by atoms with Crippen molar-refractivity contribution in [2.75, 3.05) is 6.61 Å². The quantitative estimate of drug-likeness (QED) is 0.568. The van der Waals surface area contributed by atoms with E-state index < -0.39 is 8.32 Å². The molecule has 0 N–H and O–H groups in total. The number of thioether (sulfide) groups is 1. The van der Waals surface area contributed by atoms with Crippen LogP contribution in [0.1, 0.15) is 6.92 Å². The van der Waals surface area contributed by atoms with Gasteiger partial charge in [0, 0.05) is 16.8 Å². The van der Waals surface area contributed by atoms with Crippen LogP contribution in [0.3, 0.4) is 0 Å². The summed E-state index contributed by atoms with van der Waals surface area (Å²) in [5, 5.41) is 0.527. The van der Waals surface area contributed by atoms with E-state index in [1.165, 1.54) is 4.90 Å². The van der Waals surface area contributed by atoms with Gasteiger partial charge in [-0.3, -0.25) is 0 Å². The Labute approximate surface area is 98.4 Å². The van der Waals surface area contributed by atoms with Gasteiger partial charge in [-0.25, -0.2) is 0 Å². The molecule has 0 radical (unpaired) electrons. The molecule has 84 valence electrons. The molecule has 3 heteroatoms. The first kappa shape index (κ1) is 12.8. The molecule has 0 saturated heterocycles. The average Bonchev–Trinajstić information content (AvgIpc) is 2.15. The Morgan fingerprint density at radius 2 is 1.80 bits per heavy atom. The Kier molecular flexibility index (Phi) is 4.89. The van der Waals surface area contributed by atoms with Crippen LogP contribution in [0.15, 0.2) is 35.2 Å². The molecule has 1 aromatic carbocycles. The molecule has 0 fully saturated rings. The van der Waals surface area contributed by atoms with Crippen molar-refractivity contribution >= 4 is 20.1 Å². The highest BCUT2D eigenvalue weighted by atomic mass is 32.2. The fraction of sp³-hybridized carbons (Fsp3) is 0.500. The molecule has 15 heavy (non-hydrogen) atoms. The van der Waals surface area contributed by atoms with Crippen LogP contribution in [0, 0.1) is 0 Å². The van der Waals surface area contributed by atoms with E-state index in [0.29, 0.717) is 5.25 Å². The van der Waals surface area contributed by atoms with Crippen molar-refractivity contribution < 1.29 is 4.43 Å². The van der Waals surface area contributed by atoms with Gasteiger partial charge in [-0.05, 0) is 31.8 Å². The summed E-state index contributed by atoms with van der Waals surface area (Å²) in [6, 6.07) is 10.5. The number of hydrogen-bond acceptors (Lipinski definition) is 2. The third-order valence-electron chi connectivity index (χ3n) is 1.83. The van der Waals surface area contributed by atoms with E-state index in [-0.39, 0.29) is 0 Å². The first-order valence-electron chi connectivity index (χ1n) is 5.33. The van der Waals surface area contributed by atoms with Gasteiger partial charge in [0.2, 0.25) is 0 Å². The molecule has 1 aromatic rings. The van der Waals surface area contributed by atoms with Gasteiger partial charge in [0.05, 0.1) is 0 Å². The Bertz CT molecular complexity index is 281. The smallest absolute Gasteiger partial charge is 0.183 e. The number of benzene rings is 1. The molecule has 0 aliphatic rings. The molecule has 0 spiro atoms. The van der Waals surface area contributed by atoms with Crippen molar-refractivity contribution in [1.82, 2.24) is 0 Å². The van der Waals surface area contributed by atoms with E-state index in [4.69, 9.17) is 4.43 Å². The lowest BCUT2D eigenvalue weighted by atomic mass is 10.4. The van der Waals surface area contributed by atoms with Gasteiger partial charge in [-0.15, -0.1) is 11.8 Å². The summed E-state index contributed by atoms with van der Waals surface area (Å²) in [4.78, 5) is 1.32. The van der Waals surface area contributed by atoms with Crippen molar-refractivity contribution in [3.05, 3.63) is 30.3 Å². The van der Waals surface area contributed by atoms with Gasteiger partial charge >= 0.3 is 0 Å². The second kappa shape index (κ2) is 5.73. The summed E-state index contributed by atoms with van der Waals surface area (Å²) in [5.74, 6) is 0. The lowest BCUT2D eigenvalue weighted by Crippen LogP contribution is -2.28. The Hall–Kier alpha value is -0.253. The predicted octanol–water partition coefficient (Wildman–Crippen LogP) is 4.02. The monoisotopic (exact) mass is 240 g/mol. The molecular weight excluding hydrogens is 220 g/mol. The molecule has 1 unspecified atom stereocenters. The van der Waals surface area contributed by atoms with E-state index >= 15 is 0 Å². The molecule has 0 saturated carbocycles. The predicted molar refractivity (Wildman–Crippen MR) is 71.1 cm³/mol. The number of hydrogen-bond donors (Lipinski definition) is 0. The molecule has 0 aliphatic heterocycles. The van der Waals surface area contributed by atoms with Crippen LogP contribution in [0.4, 0.5) is 0 Å². The topological polar surface area (TPSA) is 9.23 Å². The minimum atomic E-state index is -1.35. The molecule has 0 aromatic heterocycles. The summed E-state index contributed by atoms with van der Waals surface area (Å²) in [6.07, 6.45) is 0. The number of rotatable bonds is 5. The van der Waals surface area contributed by atoms with Crippen molar-refractivity contribution in [1.29, 1.82) is 0 Å². The Morgan fingerprint density at radius 3 is 2.33 bits per heavy atom. The zero-order valence-corrected chi connectivity index (χ0v) is 11.8. The summed E-state index contributed by atoms with van der Waals surface area (Å²) < 4.78 is 5.88. The van der Waals surface area contributed by atoms with Crippen LogP contribution in [-0.2, 0) is 4.43 Å². The van der Waals surface area contributed by atoms with Gasteiger partial charge in [-0.1, -0.05) is 25.1 Å². The van der Waals surface area contributed by atoms with Crippen LogP contribution in [-0.4, -0.2) is 20.2 Å². The van der Waals surface area contributed by atoms with Gasteiger partial charge in [0.15, 0.2) is 8.32 Å². The summed E-state index contributed by atoms with van der Waals surface area (Å²) >= 11 is 1.88. The lowest BCUT2D eigenvalue weighted by Gasteiger charge is -2.20. The molecular formula is C12H20OSSi. The van der Waals surface area contributed by atoms with E-state index in [1.54, 1.807) is 0 Å². The fourth-order valence-electron chi connectivity index (χ4n) is 1.13. The van der Waals surface area contributed by atoms with Crippen molar-refractivity contribution in [2.45, 2.75) is 36.7 Å². The van der Waals surface area contributed by atoms with Gasteiger partial charge in [-0.2, -0.15) is 0 Å². The minimum Gasteiger partial charge on any atom is -0.417 e.